The summed E-state index contributed by atoms with van der Waals surface area (Å²) in [4.78, 5) is 10.8. The van der Waals surface area contributed by atoms with Gasteiger partial charge in [-0.3, -0.25) is 0 Å². The van der Waals surface area contributed by atoms with Crippen molar-refractivity contribution in [2.45, 2.75) is 13.8 Å². The minimum absolute atomic E-state index is 0.498. The molecule has 1 aliphatic rings. The lowest BCUT2D eigenvalue weighted by Gasteiger charge is -2.34. The van der Waals surface area contributed by atoms with E-state index in [1.165, 1.54) is 10.6 Å². The lowest BCUT2D eigenvalue weighted by atomic mass is 10.3. The zero-order valence-electron chi connectivity index (χ0n) is 12.1. The lowest BCUT2D eigenvalue weighted by Crippen LogP contribution is -2.48. The Morgan fingerprint density at radius 2 is 1.90 bits per heavy atom. The van der Waals surface area contributed by atoms with Gasteiger partial charge in [-0.15, -0.1) is 0 Å². The fourth-order valence-corrected chi connectivity index (χ4v) is 3.06. The van der Waals surface area contributed by atoms with Crippen molar-refractivity contribution in [1.82, 2.24) is 14.3 Å². The van der Waals surface area contributed by atoms with Crippen LogP contribution in [0.4, 0.5) is 11.6 Å². The van der Waals surface area contributed by atoms with E-state index in [-0.39, 0.29) is 0 Å². The monoisotopic (exact) mass is 299 g/mol. The van der Waals surface area contributed by atoms with Crippen LogP contribution in [-0.4, -0.2) is 61.7 Å². The van der Waals surface area contributed by atoms with E-state index in [4.69, 9.17) is 0 Å². The second-order valence-corrected chi connectivity index (χ2v) is 6.82. The predicted molar refractivity (Wildman–Crippen MR) is 79.6 cm³/mol. The molecule has 2 heterocycles. The van der Waals surface area contributed by atoms with Crippen LogP contribution in [0.15, 0.2) is 6.07 Å². The number of piperazine rings is 1. The smallest absolute Gasteiger partial charge is 0.211 e. The van der Waals surface area contributed by atoms with E-state index in [0.717, 1.165) is 18.2 Å². The summed E-state index contributed by atoms with van der Waals surface area (Å²) in [6.45, 7) is 6.97. The van der Waals surface area contributed by atoms with Gasteiger partial charge in [-0.1, -0.05) is 0 Å². The highest BCUT2D eigenvalue weighted by Crippen LogP contribution is 2.18. The van der Waals surface area contributed by atoms with Crippen LogP contribution in [0.25, 0.3) is 0 Å². The van der Waals surface area contributed by atoms with E-state index >= 15 is 0 Å². The normalized spacial score (nSPS) is 17.2. The molecule has 0 atom stereocenters. The van der Waals surface area contributed by atoms with Crippen LogP contribution in [0, 0.1) is 6.92 Å². The van der Waals surface area contributed by atoms with E-state index in [1.54, 1.807) is 0 Å². The first-order valence-electron chi connectivity index (χ1n) is 6.70. The number of anilines is 2. The lowest BCUT2D eigenvalue weighted by molar-refractivity contribution is 0.387. The molecule has 0 aliphatic carbocycles. The Hall–Kier alpha value is -1.41. The van der Waals surface area contributed by atoms with Crippen molar-refractivity contribution in [3.8, 4) is 0 Å². The number of rotatable bonds is 4. The Kier molecular flexibility index (Phi) is 4.44. The Bertz CT molecular complexity index is 567. The minimum Gasteiger partial charge on any atom is -0.370 e. The summed E-state index contributed by atoms with van der Waals surface area (Å²) in [6, 6.07) is 1.91. The Balaban J connectivity index is 2.10. The highest BCUT2D eigenvalue weighted by atomic mass is 32.2. The Labute approximate surface area is 120 Å². The molecule has 1 saturated heterocycles. The molecule has 2 rings (SSSR count). The number of hydrogen-bond donors (Lipinski definition) is 1. The third-order valence-electron chi connectivity index (χ3n) is 3.21. The molecular weight excluding hydrogens is 278 g/mol. The van der Waals surface area contributed by atoms with Crippen molar-refractivity contribution >= 4 is 21.7 Å². The van der Waals surface area contributed by atoms with Gasteiger partial charge in [0.1, 0.15) is 17.5 Å². The number of nitrogens with zero attached hydrogens (tertiary/aromatic N) is 4. The second kappa shape index (κ2) is 5.92. The van der Waals surface area contributed by atoms with Crippen molar-refractivity contribution in [2.75, 3.05) is 49.2 Å². The maximum atomic E-state index is 11.5. The zero-order chi connectivity index (χ0) is 14.8. The van der Waals surface area contributed by atoms with Crippen LogP contribution in [0.3, 0.4) is 0 Å². The third kappa shape index (κ3) is 3.57. The highest BCUT2D eigenvalue weighted by molar-refractivity contribution is 7.88. The fourth-order valence-electron chi connectivity index (χ4n) is 2.23. The van der Waals surface area contributed by atoms with Gasteiger partial charge in [0.25, 0.3) is 0 Å². The molecule has 0 aromatic carbocycles. The fraction of sp³-hybridized carbons (Fsp3) is 0.667. The highest BCUT2D eigenvalue weighted by Gasteiger charge is 2.24. The molecule has 0 spiro atoms. The summed E-state index contributed by atoms with van der Waals surface area (Å²) in [5, 5.41) is 3.18. The molecule has 1 aromatic rings. The molecular formula is C12H21N5O2S. The third-order valence-corrected chi connectivity index (χ3v) is 4.52. The van der Waals surface area contributed by atoms with E-state index in [2.05, 4.69) is 20.2 Å². The summed E-state index contributed by atoms with van der Waals surface area (Å²) in [6.07, 6.45) is 1.25. The number of hydrogen-bond acceptors (Lipinski definition) is 6. The second-order valence-electron chi connectivity index (χ2n) is 4.84. The van der Waals surface area contributed by atoms with Crippen molar-refractivity contribution in [3.05, 3.63) is 11.9 Å². The topological polar surface area (TPSA) is 78.4 Å². The maximum absolute atomic E-state index is 11.5. The summed E-state index contributed by atoms with van der Waals surface area (Å²) in [5.41, 5.74) is 0. The molecule has 1 N–H and O–H groups in total. The molecule has 0 saturated carbocycles. The van der Waals surface area contributed by atoms with Crippen LogP contribution in [0.5, 0.6) is 0 Å². The van der Waals surface area contributed by atoms with Gasteiger partial charge in [-0.05, 0) is 13.8 Å². The van der Waals surface area contributed by atoms with Crippen LogP contribution in [0.2, 0.25) is 0 Å². The van der Waals surface area contributed by atoms with Gasteiger partial charge in [0, 0.05) is 38.8 Å². The molecule has 0 bridgehead atoms. The van der Waals surface area contributed by atoms with Gasteiger partial charge in [0.2, 0.25) is 10.0 Å². The SMILES string of the molecule is CCNc1cc(N2CCN(S(C)(=O)=O)CC2)nc(C)n1. The Morgan fingerprint density at radius 1 is 1.25 bits per heavy atom. The number of aryl methyl sites for hydroxylation is 1. The molecule has 1 aliphatic heterocycles. The van der Waals surface area contributed by atoms with Gasteiger partial charge in [0.15, 0.2) is 0 Å². The van der Waals surface area contributed by atoms with Gasteiger partial charge >= 0.3 is 0 Å². The summed E-state index contributed by atoms with van der Waals surface area (Å²) in [5.74, 6) is 2.37. The molecule has 1 aromatic heterocycles. The van der Waals surface area contributed by atoms with E-state index in [0.29, 0.717) is 32.0 Å². The van der Waals surface area contributed by atoms with Gasteiger partial charge in [0.05, 0.1) is 6.26 Å². The molecule has 0 amide bonds. The molecule has 1 fully saturated rings. The van der Waals surface area contributed by atoms with Gasteiger partial charge in [-0.2, -0.15) is 4.31 Å². The first-order chi connectivity index (χ1) is 9.40. The average molecular weight is 299 g/mol. The standard InChI is InChI=1S/C12H21N5O2S/c1-4-13-11-9-12(15-10(2)14-11)16-5-7-17(8-6-16)20(3,18)19/h9H,4-8H2,1-3H3,(H,13,14,15). The molecule has 112 valence electrons. The number of nitrogens with one attached hydrogen (secondary N) is 1. The zero-order valence-corrected chi connectivity index (χ0v) is 12.9. The van der Waals surface area contributed by atoms with Crippen LogP contribution >= 0.6 is 0 Å². The van der Waals surface area contributed by atoms with E-state index in [9.17, 15) is 8.42 Å². The molecule has 0 unspecified atom stereocenters. The number of aromatic nitrogens is 2. The van der Waals surface area contributed by atoms with E-state index < -0.39 is 10.0 Å². The molecule has 20 heavy (non-hydrogen) atoms. The predicted octanol–water partition coefficient (Wildman–Crippen LogP) is 0.298. The average Bonchev–Trinajstić information content (AvgIpc) is 2.37. The summed E-state index contributed by atoms with van der Waals surface area (Å²) in [7, 11) is -3.09. The largest absolute Gasteiger partial charge is 0.370 e. The van der Waals surface area contributed by atoms with Gasteiger partial charge < -0.3 is 10.2 Å². The molecule has 0 radical (unpaired) electrons. The van der Waals surface area contributed by atoms with E-state index in [1.807, 2.05) is 19.9 Å². The van der Waals surface area contributed by atoms with Crippen LogP contribution in [0.1, 0.15) is 12.7 Å². The van der Waals surface area contributed by atoms with Crippen molar-refractivity contribution in [2.24, 2.45) is 0 Å². The summed E-state index contributed by atoms with van der Waals surface area (Å²) < 4.78 is 24.5. The first kappa shape index (κ1) is 15.0. The number of sulfonamides is 1. The minimum atomic E-state index is -3.09. The summed E-state index contributed by atoms with van der Waals surface area (Å²) >= 11 is 0. The quantitative estimate of drug-likeness (QED) is 0.861. The van der Waals surface area contributed by atoms with Crippen molar-refractivity contribution < 1.29 is 8.42 Å². The maximum Gasteiger partial charge on any atom is 0.211 e. The molecule has 8 heteroatoms. The van der Waals surface area contributed by atoms with Crippen LogP contribution in [-0.2, 0) is 10.0 Å². The molecule has 7 nitrogen and oxygen atoms in total. The van der Waals surface area contributed by atoms with Crippen molar-refractivity contribution in [3.63, 3.8) is 0 Å². The first-order valence-corrected chi connectivity index (χ1v) is 8.54. The van der Waals surface area contributed by atoms with Gasteiger partial charge in [-0.25, -0.2) is 18.4 Å². The Morgan fingerprint density at radius 3 is 2.45 bits per heavy atom. The van der Waals surface area contributed by atoms with Crippen LogP contribution < -0.4 is 10.2 Å². The van der Waals surface area contributed by atoms with Crippen molar-refractivity contribution in [1.29, 1.82) is 0 Å².